The van der Waals surface area contributed by atoms with E-state index in [1.165, 1.54) is 10.4 Å². The first kappa shape index (κ1) is 19.9. The third-order valence-corrected chi connectivity index (χ3v) is 6.56. The van der Waals surface area contributed by atoms with Gasteiger partial charge in [0.05, 0.1) is 25.6 Å². The van der Waals surface area contributed by atoms with Crippen LogP contribution in [0.5, 0.6) is 11.5 Å². The van der Waals surface area contributed by atoms with Crippen LogP contribution in [0.2, 0.25) is 0 Å². The molecule has 0 fully saturated rings. The number of methoxy groups -OCH3 is 1. The summed E-state index contributed by atoms with van der Waals surface area (Å²) >= 11 is 1.68. The van der Waals surface area contributed by atoms with Gasteiger partial charge in [0.15, 0.2) is 11.5 Å². The Bertz CT molecular complexity index is 1070. The Hall–Kier alpha value is -2.38. The Morgan fingerprint density at radius 2 is 2.07 bits per heavy atom. The van der Waals surface area contributed by atoms with Gasteiger partial charge < -0.3 is 14.5 Å². The molecule has 0 radical (unpaired) electrons. The second kappa shape index (κ2) is 8.55. The van der Waals surface area contributed by atoms with Crippen LogP contribution in [-0.2, 0) is 25.9 Å². The van der Waals surface area contributed by atoms with E-state index in [1.54, 1.807) is 18.4 Å². The smallest absolute Gasteiger partial charge is 0.259 e. The fourth-order valence-electron chi connectivity index (χ4n) is 3.96. The van der Waals surface area contributed by atoms with Crippen molar-refractivity contribution in [3.8, 4) is 11.5 Å². The van der Waals surface area contributed by atoms with E-state index in [9.17, 15) is 4.79 Å². The van der Waals surface area contributed by atoms with E-state index in [4.69, 9.17) is 14.5 Å². The van der Waals surface area contributed by atoms with Crippen LogP contribution in [0.15, 0.2) is 23.0 Å². The second-order valence-electron chi connectivity index (χ2n) is 7.27. The molecule has 0 spiro atoms. The maximum atomic E-state index is 12.7. The summed E-state index contributed by atoms with van der Waals surface area (Å²) in [5.74, 6) is 2.22. The van der Waals surface area contributed by atoms with E-state index in [-0.39, 0.29) is 5.56 Å². The SMILES string of the molecule is CCOc1ccc(CN(CC)Cc2nc3sc4c(c3c(=O)[nH]2)CCC4)cc1OC. The summed E-state index contributed by atoms with van der Waals surface area (Å²) in [5.41, 5.74) is 2.35. The predicted molar refractivity (Wildman–Crippen MR) is 116 cm³/mol. The maximum absolute atomic E-state index is 12.7. The highest BCUT2D eigenvalue weighted by Crippen LogP contribution is 2.34. The minimum atomic E-state index is 0.00295. The number of hydrogen-bond donors (Lipinski definition) is 1. The normalized spacial score (nSPS) is 13.2. The first-order valence-corrected chi connectivity index (χ1v) is 11.0. The number of fused-ring (bicyclic) bond motifs is 3. The lowest BCUT2D eigenvalue weighted by Crippen LogP contribution is -2.25. The standard InChI is InChI=1S/C22H27N3O3S/c1-4-25(12-14-9-10-16(28-5-2)17(11-14)27-3)13-19-23-21(26)20-15-7-6-8-18(15)29-22(20)24-19/h9-11H,4-8,12-13H2,1-3H3,(H,23,24,26). The third-order valence-electron chi connectivity index (χ3n) is 5.38. The number of hydrogen-bond acceptors (Lipinski definition) is 6. The number of nitrogens with zero attached hydrogens (tertiary/aromatic N) is 2. The summed E-state index contributed by atoms with van der Waals surface area (Å²) in [7, 11) is 1.65. The van der Waals surface area contributed by atoms with Gasteiger partial charge in [-0.05, 0) is 56.0 Å². The molecule has 29 heavy (non-hydrogen) atoms. The number of benzene rings is 1. The number of nitrogens with one attached hydrogen (secondary N) is 1. The van der Waals surface area contributed by atoms with Crippen molar-refractivity contribution < 1.29 is 9.47 Å². The molecule has 0 atom stereocenters. The predicted octanol–water partition coefficient (Wildman–Crippen LogP) is 3.90. The average Bonchev–Trinajstić information content (AvgIpc) is 3.29. The van der Waals surface area contributed by atoms with Crippen LogP contribution in [0.1, 0.15) is 42.1 Å². The Morgan fingerprint density at radius 3 is 2.83 bits per heavy atom. The molecule has 1 aliphatic rings. The molecular formula is C22H27N3O3S. The molecule has 0 amide bonds. The zero-order chi connectivity index (χ0) is 20.4. The maximum Gasteiger partial charge on any atom is 0.259 e. The lowest BCUT2D eigenvalue weighted by atomic mass is 10.2. The zero-order valence-electron chi connectivity index (χ0n) is 17.2. The third kappa shape index (κ3) is 4.02. The summed E-state index contributed by atoms with van der Waals surface area (Å²) in [6.45, 7) is 6.85. The second-order valence-corrected chi connectivity index (χ2v) is 8.36. The van der Waals surface area contributed by atoms with Crippen LogP contribution < -0.4 is 15.0 Å². The number of aromatic amines is 1. The van der Waals surface area contributed by atoms with Gasteiger partial charge in [-0.15, -0.1) is 11.3 Å². The van der Waals surface area contributed by atoms with Gasteiger partial charge in [0.2, 0.25) is 0 Å². The van der Waals surface area contributed by atoms with Crippen molar-refractivity contribution >= 4 is 21.6 Å². The number of H-pyrrole nitrogens is 1. The molecule has 1 aliphatic carbocycles. The van der Waals surface area contributed by atoms with Crippen molar-refractivity contribution in [3.63, 3.8) is 0 Å². The van der Waals surface area contributed by atoms with Crippen molar-refractivity contribution in [2.45, 2.75) is 46.2 Å². The van der Waals surface area contributed by atoms with Crippen LogP contribution >= 0.6 is 11.3 Å². The van der Waals surface area contributed by atoms with Gasteiger partial charge in [-0.1, -0.05) is 13.0 Å². The molecule has 2 heterocycles. The van der Waals surface area contributed by atoms with Crippen LogP contribution in [0, 0.1) is 0 Å². The van der Waals surface area contributed by atoms with E-state index in [2.05, 4.69) is 22.9 Å². The molecular weight excluding hydrogens is 386 g/mol. The van der Waals surface area contributed by atoms with E-state index in [0.29, 0.717) is 13.2 Å². The topological polar surface area (TPSA) is 67.5 Å². The summed E-state index contributed by atoms with van der Waals surface area (Å²) in [6.07, 6.45) is 3.22. The van der Waals surface area contributed by atoms with Crippen molar-refractivity contribution in [1.29, 1.82) is 0 Å². The van der Waals surface area contributed by atoms with Gasteiger partial charge in [-0.25, -0.2) is 4.98 Å². The van der Waals surface area contributed by atoms with Gasteiger partial charge in [-0.2, -0.15) is 0 Å². The quantitative estimate of drug-likeness (QED) is 0.607. The van der Waals surface area contributed by atoms with E-state index >= 15 is 0 Å². The average molecular weight is 414 g/mol. The first-order chi connectivity index (χ1) is 14.1. The van der Waals surface area contributed by atoms with E-state index in [1.807, 2.05) is 19.1 Å². The molecule has 2 aromatic heterocycles. The lowest BCUT2D eigenvalue weighted by Gasteiger charge is -2.20. The molecule has 3 aromatic rings. The summed E-state index contributed by atoms with van der Waals surface area (Å²) in [6, 6.07) is 6.01. The Kier molecular flexibility index (Phi) is 5.87. The monoisotopic (exact) mass is 413 g/mol. The highest BCUT2D eigenvalue weighted by Gasteiger charge is 2.21. The molecule has 7 heteroatoms. The van der Waals surface area contributed by atoms with Crippen LogP contribution in [0.3, 0.4) is 0 Å². The Labute approximate surface area is 174 Å². The minimum Gasteiger partial charge on any atom is -0.493 e. The first-order valence-electron chi connectivity index (χ1n) is 10.2. The number of rotatable bonds is 8. The Morgan fingerprint density at radius 1 is 1.21 bits per heavy atom. The van der Waals surface area contributed by atoms with Crippen molar-refractivity contribution in [2.75, 3.05) is 20.3 Å². The molecule has 154 valence electrons. The molecule has 0 saturated carbocycles. The largest absolute Gasteiger partial charge is 0.493 e. The van der Waals surface area contributed by atoms with E-state index < -0.39 is 0 Å². The summed E-state index contributed by atoms with van der Waals surface area (Å²) < 4.78 is 11.1. The Balaban J connectivity index is 1.54. The fraction of sp³-hybridized carbons (Fsp3) is 0.455. The van der Waals surface area contributed by atoms with E-state index in [0.717, 1.165) is 65.5 Å². The van der Waals surface area contributed by atoms with Crippen molar-refractivity contribution in [2.24, 2.45) is 0 Å². The molecule has 4 rings (SSSR count). The van der Waals surface area contributed by atoms with Gasteiger partial charge in [0.25, 0.3) is 5.56 Å². The molecule has 0 aliphatic heterocycles. The van der Waals surface area contributed by atoms with Gasteiger partial charge in [0.1, 0.15) is 10.7 Å². The number of aromatic nitrogens is 2. The summed E-state index contributed by atoms with van der Waals surface area (Å²) in [5, 5.41) is 0.811. The molecule has 1 aromatic carbocycles. The molecule has 0 unspecified atom stereocenters. The van der Waals surface area contributed by atoms with Crippen LogP contribution in [-0.4, -0.2) is 35.1 Å². The van der Waals surface area contributed by atoms with Gasteiger partial charge in [-0.3, -0.25) is 9.69 Å². The zero-order valence-corrected chi connectivity index (χ0v) is 18.0. The van der Waals surface area contributed by atoms with Crippen molar-refractivity contribution in [1.82, 2.24) is 14.9 Å². The van der Waals surface area contributed by atoms with Gasteiger partial charge >= 0.3 is 0 Å². The lowest BCUT2D eigenvalue weighted by molar-refractivity contribution is 0.263. The molecule has 1 N–H and O–H groups in total. The van der Waals surface area contributed by atoms with Crippen LogP contribution in [0.25, 0.3) is 10.2 Å². The van der Waals surface area contributed by atoms with Crippen molar-refractivity contribution in [3.05, 3.63) is 50.4 Å². The van der Waals surface area contributed by atoms with Gasteiger partial charge in [0, 0.05) is 11.4 Å². The molecule has 0 saturated heterocycles. The number of aryl methyl sites for hydroxylation is 2. The summed E-state index contributed by atoms with van der Waals surface area (Å²) in [4.78, 5) is 25.0. The highest BCUT2D eigenvalue weighted by atomic mass is 32.1. The molecule has 6 nitrogen and oxygen atoms in total. The van der Waals surface area contributed by atoms with Crippen LogP contribution in [0.4, 0.5) is 0 Å². The fourth-order valence-corrected chi connectivity index (χ4v) is 5.24. The highest BCUT2D eigenvalue weighted by molar-refractivity contribution is 7.18. The number of thiophene rings is 1. The molecule has 0 bridgehead atoms. The number of ether oxygens (including phenoxy) is 2. The minimum absolute atomic E-state index is 0.00295.